The number of hydrogen-bond acceptors (Lipinski definition) is 4. The minimum atomic E-state index is -0.582. The molecular weight excluding hydrogens is 359 g/mol. The average Bonchev–Trinajstić information content (AvgIpc) is 3.08. The molecule has 1 atom stereocenters. The van der Waals surface area contributed by atoms with Crippen LogP contribution in [0.4, 0.5) is 4.39 Å². The second-order valence-corrected chi connectivity index (χ2v) is 7.69. The van der Waals surface area contributed by atoms with Gasteiger partial charge < -0.3 is 14.4 Å². The van der Waals surface area contributed by atoms with E-state index in [0.29, 0.717) is 23.4 Å². The number of nitrogens with zero attached hydrogens (tertiary/aromatic N) is 1. The summed E-state index contributed by atoms with van der Waals surface area (Å²) in [4.78, 5) is 16.2. The van der Waals surface area contributed by atoms with Crippen molar-refractivity contribution in [3.8, 4) is 0 Å². The van der Waals surface area contributed by atoms with Gasteiger partial charge in [-0.2, -0.15) is 0 Å². The van der Waals surface area contributed by atoms with E-state index < -0.39 is 11.9 Å². The van der Waals surface area contributed by atoms with Crippen LogP contribution >= 0.6 is 0 Å². The van der Waals surface area contributed by atoms with Crippen molar-refractivity contribution in [1.29, 1.82) is 0 Å². The minimum Gasteiger partial charge on any atom is -0.408 e. The number of piperidine rings is 1. The van der Waals surface area contributed by atoms with Gasteiger partial charge in [-0.15, -0.1) is 0 Å². The normalized spacial score (nSPS) is 17.2. The molecule has 0 aliphatic carbocycles. The number of oxazole rings is 1. The molecule has 2 N–H and O–H groups in total. The maximum atomic E-state index is 13.0. The lowest BCUT2D eigenvalue weighted by molar-refractivity contribution is 0.123. The topological polar surface area (TPSA) is 69.5 Å². The van der Waals surface area contributed by atoms with Crippen LogP contribution in [0.3, 0.4) is 0 Å². The number of halogens is 1. The number of aromatic nitrogens is 1. The average molecular weight is 384 g/mol. The summed E-state index contributed by atoms with van der Waals surface area (Å²) in [5, 5.41) is 10.5. The fourth-order valence-corrected chi connectivity index (χ4v) is 4.01. The second kappa shape index (κ2) is 8.29. The van der Waals surface area contributed by atoms with Gasteiger partial charge in [-0.3, -0.25) is 4.98 Å². The summed E-state index contributed by atoms with van der Waals surface area (Å²) in [5.74, 6) is -0.0365. The van der Waals surface area contributed by atoms with Crippen LogP contribution in [0.25, 0.3) is 11.1 Å². The van der Waals surface area contributed by atoms with Crippen molar-refractivity contribution in [1.82, 2.24) is 9.88 Å². The quantitative estimate of drug-likeness (QED) is 0.681. The molecule has 1 saturated heterocycles. The molecule has 0 spiro atoms. The monoisotopic (exact) mass is 384 g/mol. The van der Waals surface area contributed by atoms with Gasteiger partial charge in [0.2, 0.25) is 0 Å². The lowest BCUT2D eigenvalue weighted by atomic mass is 9.90. The highest BCUT2D eigenvalue weighted by molar-refractivity contribution is 5.72. The van der Waals surface area contributed by atoms with E-state index in [0.717, 1.165) is 44.5 Å². The van der Waals surface area contributed by atoms with Crippen LogP contribution in [0.1, 0.15) is 36.5 Å². The number of H-pyrrole nitrogens is 1. The predicted octanol–water partition coefficient (Wildman–Crippen LogP) is 3.64. The molecule has 3 aromatic rings. The molecule has 28 heavy (non-hydrogen) atoms. The number of aromatic amines is 1. The van der Waals surface area contributed by atoms with E-state index in [2.05, 4.69) is 9.88 Å². The Morgan fingerprint density at radius 1 is 1.18 bits per heavy atom. The summed E-state index contributed by atoms with van der Waals surface area (Å²) in [5.41, 5.74) is 3.08. The predicted molar refractivity (Wildman–Crippen MR) is 106 cm³/mol. The SMILES string of the molecule is O=c1[nH]c2ccc(C(O)CCN3CCC(Cc4ccc(F)cc4)CC3)cc2o1. The molecular formula is C22H25FN2O3. The molecule has 1 aromatic heterocycles. The molecule has 1 aliphatic rings. The van der Waals surface area contributed by atoms with Crippen molar-refractivity contribution in [2.75, 3.05) is 19.6 Å². The van der Waals surface area contributed by atoms with Gasteiger partial charge in [-0.1, -0.05) is 18.2 Å². The molecule has 5 nitrogen and oxygen atoms in total. The van der Waals surface area contributed by atoms with E-state index in [9.17, 15) is 14.3 Å². The van der Waals surface area contributed by atoms with Gasteiger partial charge in [0.05, 0.1) is 11.6 Å². The van der Waals surface area contributed by atoms with Crippen LogP contribution in [0.15, 0.2) is 51.7 Å². The Bertz CT molecular complexity index is 971. The summed E-state index contributed by atoms with van der Waals surface area (Å²) in [6.45, 7) is 2.87. The molecule has 0 radical (unpaired) electrons. The number of aliphatic hydroxyl groups excluding tert-OH is 1. The fraction of sp³-hybridized carbons (Fsp3) is 0.409. The molecule has 2 aromatic carbocycles. The van der Waals surface area contributed by atoms with Crippen molar-refractivity contribution >= 4 is 11.1 Å². The number of fused-ring (bicyclic) bond motifs is 1. The Kier molecular flexibility index (Phi) is 5.59. The maximum Gasteiger partial charge on any atom is 0.417 e. The zero-order valence-electron chi connectivity index (χ0n) is 15.7. The van der Waals surface area contributed by atoms with E-state index in [-0.39, 0.29) is 5.82 Å². The van der Waals surface area contributed by atoms with E-state index in [1.165, 1.54) is 17.7 Å². The molecule has 1 unspecified atom stereocenters. The summed E-state index contributed by atoms with van der Waals surface area (Å²) in [6, 6.07) is 12.1. The molecule has 0 bridgehead atoms. The number of nitrogens with one attached hydrogen (secondary N) is 1. The van der Waals surface area contributed by atoms with Crippen molar-refractivity contribution in [2.45, 2.75) is 31.8 Å². The second-order valence-electron chi connectivity index (χ2n) is 7.69. The van der Waals surface area contributed by atoms with Crippen molar-refractivity contribution in [3.05, 3.63) is 70.0 Å². The van der Waals surface area contributed by atoms with Gasteiger partial charge in [0.15, 0.2) is 5.58 Å². The van der Waals surface area contributed by atoms with Crippen molar-refractivity contribution in [3.63, 3.8) is 0 Å². The lowest BCUT2D eigenvalue weighted by Gasteiger charge is -2.32. The Hall–Kier alpha value is -2.44. The first kappa shape index (κ1) is 18.9. The molecule has 148 valence electrons. The lowest BCUT2D eigenvalue weighted by Crippen LogP contribution is -2.35. The number of hydrogen-bond donors (Lipinski definition) is 2. The van der Waals surface area contributed by atoms with Crippen molar-refractivity contribution in [2.24, 2.45) is 5.92 Å². The standard InChI is InChI=1S/C22H25FN2O3/c23-18-4-1-15(2-5-18)13-16-7-10-25(11-8-16)12-9-20(26)17-3-6-19-21(14-17)28-22(27)24-19/h1-6,14,16,20,26H,7-13H2,(H,24,27). The van der Waals surface area contributed by atoms with Crippen LogP contribution in [0.2, 0.25) is 0 Å². The third-order valence-corrected chi connectivity index (χ3v) is 5.69. The highest BCUT2D eigenvalue weighted by Gasteiger charge is 2.20. The van der Waals surface area contributed by atoms with Crippen LogP contribution < -0.4 is 5.76 Å². The first-order valence-electron chi connectivity index (χ1n) is 9.84. The van der Waals surface area contributed by atoms with Gasteiger partial charge in [0.1, 0.15) is 5.82 Å². The van der Waals surface area contributed by atoms with Crippen molar-refractivity contribution < 1.29 is 13.9 Å². The maximum absolute atomic E-state index is 13.0. The Labute approximate surface area is 162 Å². The van der Waals surface area contributed by atoms with Gasteiger partial charge >= 0.3 is 5.76 Å². The molecule has 1 fully saturated rings. The molecule has 6 heteroatoms. The highest BCUT2D eigenvalue weighted by atomic mass is 19.1. The third-order valence-electron chi connectivity index (χ3n) is 5.69. The largest absolute Gasteiger partial charge is 0.417 e. The van der Waals surface area contributed by atoms with Gasteiger partial charge in [-0.05, 0) is 80.1 Å². The Morgan fingerprint density at radius 3 is 2.68 bits per heavy atom. The van der Waals surface area contributed by atoms with Gasteiger partial charge in [0.25, 0.3) is 0 Å². The number of aliphatic hydroxyl groups is 1. The molecule has 4 rings (SSSR count). The van der Waals surface area contributed by atoms with E-state index in [1.807, 2.05) is 18.2 Å². The van der Waals surface area contributed by atoms with E-state index in [1.54, 1.807) is 12.1 Å². The Balaban J connectivity index is 1.25. The summed E-state index contributed by atoms with van der Waals surface area (Å²) in [6.07, 6.45) is 3.30. The fourth-order valence-electron chi connectivity index (χ4n) is 4.01. The summed E-state index contributed by atoms with van der Waals surface area (Å²) < 4.78 is 18.1. The van der Waals surface area contributed by atoms with Crippen LogP contribution in [-0.2, 0) is 6.42 Å². The Morgan fingerprint density at radius 2 is 1.93 bits per heavy atom. The third kappa shape index (κ3) is 4.51. The number of rotatable bonds is 6. The molecule has 0 saturated carbocycles. The first-order chi connectivity index (χ1) is 13.6. The minimum absolute atomic E-state index is 0.185. The first-order valence-corrected chi connectivity index (χ1v) is 9.84. The zero-order chi connectivity index (χ0) is 19.5. The van der Waals surface area contributed by atoms with Gasteiger partial charge in [-0.25, -0.2) is 9.18 Å². The smallest absolute Gasteiger partial charge is 0.408 e. The van der Waals surface area contributed by atoms with Crippen LogP contribution in [-0.4, -0.2) is 34.6 Å². The van der Waals surface area contributed by atoms with Gasteiger partial charge in [0, 0.05) is 6.54 Å². The summed E-state index contributed by atoms with van der Waals surface area (Å²) >= 11 is 0. The highest BCUT2D eigenvalue weighted by Crippen LogP contribution is 2.25. The number of likely N-dealkylation sites (tertiary alicyclic amines) is 1. The van der Waals surface area contributed by atoms with E-state index >= 15 is 0 Å². The zero-order valence-corrected chi connectivity index (χ0v) is 15.7. The number of benzene rings is 2. The molecule has 2 heterocycles. The molecule has 1 aliphatic heterocycles. The summed E-state index contributed by atoms with van der Waals surface area (Å²) in [7, 11) is 0. The van der Waals surface area contributed by atoms with Crippen LogP contribution in [0.5, 0.6) is 0 Å². The molecule has 0 amide bonds. The van der Waals surface area contributed by atoms with E-state index in [4.69, 9.17) is 4.42 Å². The van der Waals surface area contributed by atoms with Crippen LogP contribution in [0, 0.1) is 11.7 Å².